The van der Waals surface area contributed by atoms with Gasteiger partial charge in [0.05, 0.1) is 5.56 Å². The second-order valence-electron chi connectivity index (χ2n) is 5.51. The van der Waals surface area contributed by atoms with Crippen molar-refractivity contribution in [2.75, 3.05) is 18.0 Å². The first-order chi connectivity index (χ1) is 8.45. The number of aryl methyl sites for hydroxylation is 1. The smallest absolute Gasteiger partial charge is 0.335 e. The van der Waals surface area contributed by atoms with Crippen LogP contribution in [-0.2, 0) is 0 Å². The van der Waals surface area contributed by atoms with E-state index in [0.29, 0.717) is 17.4 Å². The molecule has 2 rings (SSSR count). The molecule has 1 aromatic heterocycles. The minimum absolute atomic E-state index is 0.323. The maximum atomic E-state index is 11.1. The van der Waals surface area contributed by atoms with Crippen LogP contribution in [0.15, 0.2) is 12.1 Å². The average Bonchev–Trinajstić information content (AvgIpc) is 2.26. The summed E-state index contributed by atoms with van der Waals surface area (Å²) in [6, 6.07) is 3.29. The third-order valence-corrected chi connectivity index (χ3v) is 3.38. The van der Waals surface area contributed by atoms with Crippen LogP contribution in [0.25, 0.3) is 0 Å². The Hall–Kier alpha value is -1.58. The van der Waals surface area contributed by atoms with Gasteiger partial charge in [-0.15, -0.1) is 0 Å². The number of hydrogen-bond donors (Lipinski definition) is 1. The van der Waals surface area contributed by atoms with E-state index in [2.05, 4.69) is 23.7 Å². The number of hydrogen-bond acceptors (Lipinski definition) is 3. The lowest BCUT2D eigenvalue weighted by molar-refractivity contribution is 0.0696. The lowest BCUT2D eigenvalue weighted by Gasteiger charge is -2.36. The molecular formula is C14H20N2O2. The summed E-state index contributed by atoms with van der Waals surface area (Å²) in [6.45, 7) is 8.22. The number of carboxylic acids is 1. The molecule has 0 spiro atoms. The zero-order valence-electron chi connectivity index (χ0n) is 11.2. The van der Waals surface area contributed by atoms with Crippen LogP contribution in [0.5, 0.6) is 0 Å². The molecule has 0 saturated carbocycles. The minimum atomic E-state index is -0.889. The number of carbonyl (C=O) groups is 1. The van der Waals surface area contributed by atoms with E-state index in [1.807, 2.05) is 6.92 Å². The Balaban J connectivity index is 2.29. The van der Waals surface area contributed by atoms with Crippen LogP contribution in [0.3, 0.4) is 0 Å². The van der Waals surface area contributed by atoms with E-state index in [9.17, 15) is 4.79 Å². The molecule has 2 atom stereocenters. The summed E-state index contributed by atoms with van der Waals surface area (Å²) in [5.74, 6) is 1.17. The highest BCUT2D eigenvalue weighted by Crippen LogP contribution is 2.25. The monoisotopic (exact) mass is 248 g/mol. The van der Waals surface area contributed by atoms with Crippen LogP contribution < -0.4 is 4.90 Å². The van der Waals surface area contributed by atoms with Gasteiger partial charge in [-0.1, -0.05) is 13.8 Å². The Morgan fingerprint density at radius 3 is 2.50 bits per heavy atom. The second kappa shape index (κ2) is 4.96. The Labute approximate surface area is 108 Å². The number of rotatable bonds is 2. The van der Waals surface area contributed by atoms with Gasteiger partial charge in [0.2, 0.25) is 0 Å². The van der Waals surface area contributed by atoms with Crippen molar-refractivity contribution < 1.29 is 9.90 Å². The molecule has 1 aromatic rings. The highest BCUT2D eigenvalue weighted by molar-refractivity contribution is 5.88. The van der Waals surface area contributed by atoms with Gasteiger partial charge in [0.25, 0.3) is 0 Å². The van der Waals surface area contributed by atoms with Gasteiger partial charge in [0, 0.05) is 18.8 Å². The first kappa shape index (κ1) is 12.9. The molecule has 4 nitrogen and oxygen atoms in total. The first-order valence-corrected chi connectivity index (χ1v) is 6.42. The molecule has 1 fully saturated rings. The number of aromatic carboxylic acids is 1. The maximum Gasteiger partial charge on any atom is 0.335 e. The van der Waals surface area contributed by atoms with E-state index in [4.69, 9.17) is 5.11 Å². The zero-order chi connectivity index (χ0) is 13.3. The van der Waals surface area contributed by atoms with E-state index in [-0.39, 0.29) is 0 Å². The number of nitrogens with zero attached hydrogens (tertiary/aromatic N) is 2. The van der Waals surface area contributed by atoms with Crippen molar-refractivity contribution in [3.63, 3.8) is 0 Å². The molecule has 1 aliphatic heterocycles. The fourth-order valence-corrected chi connectivity index (χ4v) is 2.79. The molecule has 1 N–H and O–H groups in total. The number of piperidine rings is 1. The van der Waals surface area contributed by atoms with Gasteiger partial charge < -0.3 is 10.0 Å². The first-order valence-electron chi connectivity index (χ1n) is 6.42. The largest absolute Gasteiger partial charge is 0.478 e. The Morgan fingerprint density at radius 1 is 1.33 bits per heavy atom. The van der Waals surface area contributed by atoms with Crippen molar-refractivity contribution >= 4 is 11.8 Å². The molecule has 2 unspecified atom stereocenters. The van der Waals surface area contributed by atoms with Crippen molar-refractivity contribution in [2.24, 2.45) is 11.8 Å². The van der Waals surface area contributed by atoms with Crippen molar-refractivity contribution in [2.45, 2.75) is 27.2 Å². The van der Waals surface area contributed by atoms with Crippen LogP contribution in [0.4, 0.5) is 5.82 Å². The zero-order valence-corrected chi connectivity index (χ0v) is 11.2. The standard InChI is InChI=1S/C14H20N2O2/c1-9-4-10(2)8-16(7-9)13-6-12(14(17)18)5-11(3)15-13/h5-6,9-10H,4,7-8H2,1-3H3,(H,17,18). The van der Waals surface area contributed by atoms with Crippen molar-refractivity contribution in [1.29, 1.82) is 0 Å². The molecule has 1 aliphatic rings. The fraction of sp³-hybridized carbons (Fsp3) is 0.571. The van der Waals surface area contributed by atoms with Crippen molar-refractivity contribution in [3.05, 3.63) is 23.4 Å². The summed E-state index contributed by atoms with van der Waals surface area (Å²) in [5.41, 5.74) is 1.08. The minimum Gasteiger partial charge on any atom is -0.478 e. The number of pyridine rings is 1. The van der Waals surface area contributed by atoms with Gasteiger partial charge in [0.1, 0.15) is 5.82 Å². The normalized spacial score (nSPS) is 24.1. The summed E-state index contributed by atoms with van der Waals surface area (Å²) in [4.78, 5) is 17.7. The van der Waals surface area contributed by atoms with Gasteiger partial charge in [-0.2, -0.15) is 0 Å². The predicted octanol–water partition coefficient (Wildman–Crippen LogP) is 2.57. The summed E-state index contributed by atoms with van der Waals surface area (Å²) >= 11 is 0. The topological polar surface area (TPSA) is 53.4 Å². The Kier molecular flexibility index (Phi) is 3.55. The van der Waals surface area contributed by atoms with Crippen LogP contribution in [0, 0.1) is 18.8 Å². The van der Waals surface area contributed by atoms with E-state index in [1.165, 1.54) is 6.42 Å². The molecule has 2 heterocycles. The molecule has 0 radical (unpaired) electrons. The summed E-state index contributed by atoms with van der Waals surface area (Å²) in [5, 5.41) is 9.09. The van der Waals surface area contributed by atoms with Crippen LogP contribution >= 0.6 is 0 Å². The van der Waals surface area contributed by atoms with Gasteiger partial charge >= 0.3 is 5.97 Å². The Morgan fingerprint density at radius 2 is 1.94 bits per heavy atom. The van der Waals surface area contributed by atoms with Gasteiger partial charge in [-0.05, 0) is 37.3 Å². The number of anilines is 1. The molecule has 0 aliphatic carbocycles. The van der Waals surface area contributed by atoms with E-state index in [0.717, 1.165) is 24.6 Å². The van der Waals surface area contributed by atoms with E-state index in [1.54, 1.807) is 12.1 Å². The number of carboxylic acid groups (broad SMARTS) is 1. The van der Waals surface area contributed by atoms with Crippen LogP contribution in [0.2, 0.25) is 0 Å². The molecule has 0 aromatic carbocycles. The van der Waals surface area contributed by atoms with E-state index < -0.39 is 5.97 Å². The summed E-state index contributed by atoms with van der Waals surface area (Å²) in [7, 11) is 0. The third kappa shape index (κ3) is 2.81. The van der Waals surface area contributed by atoms with Crippen LogP contribution in [0.1, 0.15) is 36.3 Å². The summed E-state index contributed by atoms with van der Waals surface area (Å²) < 4.78 is 0. The van der Waals surface area contributed by atoms with Crippen molar-refractivity contribution in [3.8, 4) is 0 Å². The second-order valence-corrected chi connectivity index (χ2v) is 5.51. The lowest BCUT2D eigenvalue weighted by Crippen LogP contribution is -2.39. The average molecular weight is 248 g/mol. The summed E-state index contributed by atoms with van der Waals surface area (Å²) in [6.07, 6.45) is 1.23. The predicted molar refractivity (Wildman–Crippen MR) is 71.1 cm³/mol. The number of aromatic nitrogens is 1. The molecule has 1 saturated heterocycles. The van der Waals surface area contributed by atoms with Gasteiger partial charge in [0.15, 0.2) is 0 Å². The third-order valence-electron chi connectivity index (χ3n) is 3.38. The molecule has 4 heteroatoms. The SMILES string of the molecule is Cc1cc(C(=O)O)cc(N2CC(C)CC(C)C2)n1. The van der Waals surface area contributed by atoms with E-state index >= 15 is 0 Å². The van der Waals surface area contributed by atoms with Gasteiger partial charge in [-0.3, -0.25) is 0 Å². The van der Waals surface area contributed by atoms with Gasteiger partial charge in [-0.25, -0.2) is 9.78 Å². The lowest BCUT2D eigenvalue weighted by atomic mass is 9.92. The quantitative estimate of drug-likeness (QED) is 0.874. The highest BCUT2D eigenvalue weighted by atomic mass is 16.4. The molecule has 98 valence electrons. The molecule has 18 heavy (non-hydrogen) atoms. The molecule has 0 amide bonds. The molecular weight excluding hydrogens is 228 g/mol. The highest BCUT2D eigenvalue weighted by Gasteiger charge is 2.23. The Bertz CT molecular complexity index is 449. The maximum absolute atomic E-state index is 11.1. The fourth-order valence-electron chi connectivity index (χ4n) is 2.79. The molecule has 0 bridgehead atoms. The van der Waals surface area contributed by atoms with Crippen LogP contribution in [-0.4, -0.2) is 29.1 Å². The van der Waals surface area contributed by atoms with Crippen molar-refractivity contribution in [1.82, 2.24) is 4.98 Å².